The number of methoxy groups -OCH3 is 1. The second kappa shape index (κ2) is 4.98. The summed E-state index contributed by atoms with van der Waals surface area (Å²) in [4.78, 5) is 0. The summed E-state index contributed by atoms with van der Waals surface area (Å²) in [5, 5.41) is 0. The van der Waals surface area contributed by atoms with Gasteiger partial charge in [-0.1, -0.05) is 6.07 Å². The molecule has 1 saturated carbocycles. The highest BCUT2D eigenvalue weighted by Crippen LogP contribution is 2.48. The van der Waals surface area contributed by atoms with Crippen LogP contribution >= 0.6 is 0 Å². The maximum atomic E-state index is 13.5. The number of hydrogen-bond donors (Lipinski definition) is 0. The summed E-state index contributed by atoms with van der Waals surface area (Å²) in [6.07, 6.45) is -4.03. The Balaban J connectivity index is 2.27. The molecule has 1 aromatic rings. The van der Waals surface area contributed by atoms with Gasteiger partial charge in [0, 0.05) is 5.56 Å². The zero-order chi connectivity index (χ0) is 14.2. The lowest BCUT2D eigenvalue weighted by Crippen LogP contribution is -2.19. The van der Waals surface area contributed by atoms with E-state index in [4.69, 9.17) is 4.74 Å². The number of benzene rings is 1. The van der Waals surface area contributed by atoms with E-state index in [0.717, 1.165) is 6.07 Å². The predicted octanol–water partition coefficient (Wildman–Crippen LogP) is 4.42. The van der Waals surface area contributed by atoms with Crippen molar-refractivity contribution in [3.8, 4) is 5.75 Å². The molecule has 0 N–H and O–H groups in total. The molecule has 2 unspecified atom stereocenters. The Morgan fingerprint density at radius 1 is 1.16 bits per heavy atom. The second-order valence-corrected chi connectivity index (χ2v) is 4.73. The van der Waals surface area contributed by atoms with E-state index < -0.39 is 29.6 Å². The van der Waals surface area contributed by atoms with Crippen LogP contribution in [0.4, 0.5) is 22.0 Å². The van der Waals surface area contributed by atoms with Crippen molar-refractivity contribution in [3.63, 3.8) is 0 Å². The molecule has 0 saturated heterocycles. The Morgan fingerprint density at radius 2 is 1.84 bits per heavy atom. The van der Waals surface area contributed by atoms with E-state index >= 15 is 0 Å². The Bertz CT molecular complexity index is 469. The van der Waals surface area contributed by atoms with Crippen LogP contribution in [-0.2, 0) is 0 Å². The van der Waals surface area contributed by atoms with Gasteiger partial charge in [-0.3, -0.25) is 0 Å². The van der Waals surface area contributed by atoms with Crippen LogP contribution in [0.2, 0.25) is 0 Å². The molecule has 0 amide bonds. The van der Waals surface area contributed by atoms with Crippen molar-refractivity contribution in [1.82, 2.24) is 0 Å². The fourth-order valence-electron chi connectivity index (χ4n) is 2.64. The summed E-state index contributed by atoms with van der Waals surface area (Å²) in [5.74, 6) is -4.32. The first kappa shape index (κ1) is 14.1. The fraction of sp³-hybridized carbons (Fsp3) is 0.538. The standard InChI is InChI=1S/C13H13F5O/c1-19-12-9(4-5-10(14)11(12)15)7-2-3-8(6-7)13(16,17)18/h4-5,7-8H,2-3,6H2,1H3. The third kappa shape index (κ3) is 2.67. The SMILES string of the molecule is COc1c(C2CCC(C(F)(F)F)C2)ccc(F)c1F. The third-order valence-electron chi connectivity index (χ3n) is 3.62. The summed E-state index contributed by atoms with van der Waals surface area (Å²) in [7, 11) is 1.18. The molecular formula is C13H13F5O. The van der Waals surface area contributed by atoms with Gasteiger partial charge in [0.05, 0.1) is 13.0 Å². The lowest BCUT2D eigenvalue weighted by molar-refractivity contribution is -0.172. The first-order chi connectivity index (χ1) is 8.84. The van der Waals surface area contributed by atoms with Crippen molar-refractivity contribution in [2.45, 2.75) is 31.4 Å². The van der Waals surface area contributed by atoms with Crippen LogP contribution in [0.3, 0.4) is 0 Å². The molecule has 2 atom stereocenters. The zero-order valence-corrected chi connectivity index (χ0v) is 10.2. The maximum Gasteiger partial charge on any atom is 0.391 e. The molecule has 1 nitrogen and oxygen atoms in total. The molecule has 0 aromatic heterocycles. The minimum Gasteiger partial charge on any atom is -0.493 e. The molecule has 0 heterocycles. The van der Waals surface area contributed by atoms with Gasteiger partial charge in [0.15, 0.2) is 11.6 Å². The summed E-state index contributed by atoms with van der Waals surface area (Å²) in [6.45, 7) is 0. The van der Waals surface area contributed by atoms with E-state index in [9.17, 15) is 22.0 Å². The van der Waals surface area contributed by atoms with Gasteiger partial charge < -0.3 is 4.74 Å². The van der Waals surface area contributed by atoms with Crippen molar-refractivity contribution in [3.05, 3.63) is 29.3 Å². The average Bonchev–Trinajstić information content (AvgIpc) is 2.81. The number of rotatable bonds is 2. The van der Waals surface area contributed by atoms with Crippen LogP contribution in [-0.4, -0.2) is 13.3 Å². The van der Waals surface area contributed by atoms with Gasteiger partial charge in [0.25, 0.3) is 0 Å². The van der Waals surface area contributed by atoms with Crippen LogP contribution in [0.5, 0.6) is 5.75 Å². The van der Waals surface area contributed by atoms with Gasteiger partial charge in [0.2, 0.25) is 5.82 Å². The molecule has 19 heavy (non-hydrogen) atoms. The van der Waals surface area contributed by atoms with Crippen LogP contribution in [0.1, 0.15) is 30.7 Å². The molecular weight excluding hydrogens is 267 g/mol. The third-order valence-corrected chi connectivity index (χ3v) is 3.62. The van der Waals surface area contributed by atoms with Crippen molar-refractivity contribution in [2.24, 2.45) is 5.92 Å². The molecule has 2 rings (SSSR count). The Kier molecular flexibility index (Phi) is 3.69. The van der Waals surface area contributed by atoms with E-state index in [0.29, 0.717) is 12.0 Å². The summed E-state index contributed by atoms with van der Waals surface area (Å²) >= 11 is 0. The van der Waals surface area contributed by atoms with Gasteiger partial charge in [-0.2, -0.15) is 17.6 Å². The molecule has 1 fully saturated rings. The largest absolute Gasteiger partial charge is 0.493 e. The number of halogens is 5. The smallest absolute Gasteiger partial charge is 0.391 e. The predicted molar refractivity (Wildman–Crippen MR) is 59.0 cm³/mol. The van der Waals surface area contributed by atoms with E-state index in [2.05, 4.69) is 0 Å². The second-order valence-electron chi connectivity index (χ2n) is 4.73. The van der Waals surface area contributed by atoms with Gasteiger partial charge in [-0.15, -0.1) is 0 Å². The topological polar surface area (TPSA) is 9.23 Å². The first-order valence-corrected chi connectivity index (χ1v) is 5.93. The normalized spacial score (nSPS) is 23.7. The van der Waals surface area contributed by atoms with Crippen molar-refractivity contribution in [1.29, 1.82) is 0 Å². The Morgan fingerprint density at radius 3 is 2.37 bits per heavy atom. The lowest BCUT2D eigenvalue weighted by Gasteiger charge is -2.17. The molecule has 1 aromatic carbocycles. The quantitative estimate of drug-likeness (QED) is 0.729. The van der Waals surface area contributed by atoms with Gasteiger partial charge in [-0.25, -0.2) is 4.39 Å². The summed E-state index contributed by atoms with van der Waals surface area (Å²) in [5.41, 5.74) is 0.313. The minimum atomic E-state index is -4.24. The molecule has 106 valence electrons. The summed E-state index contributed by atoms with van der Waals surface area (Å²) in [6, 6.07) is 2.23. The average molecular weight is 280 g/mol. The maximum absolute atomic E-state index is 13.5. The molecule has 0 aliphatic heterocycles. The van der Waals surface area contributed by atoms with Crippen LogP contribution < -0.4 is 4.74 Å². The zero-order valence-electron chi connectivity index (χ0n) is 10.2. The molecule has 1 aliphatic rings. The highest BCUT2D eigenvalue weighted by atomic mass is 19.4. The van der Waals surface area contributed by atoms with Crippen LogP contribution in [0.15, 0.2) is 12.1 Å². The minimum absolute atomic E-state index is 0.0102. The van der Waals surface area contributed by atoms with Gasteiger partial charge >= 0.3 is 6.18 Å². The molecule has 0 radical (unpaired) electrons. The van der Waals surface area contributed by atoms with E-state index in [1.54, 1.807) is 0 Å². The molecule has 1 aliphatic carbocycles. The first-order valence-electron chi connectivity index (χ1n) is 5.93. The number of hydrogen-bond acceptors (Lipinski definition) is 1. The number of alkyl halides is 3. The Hall–Kier alpha value is -1.33. The monoisotopic (exact) mass is 280 g/mol. The van der Waals surface area contributed by atoms with Crippen LogP contribution in [0.25, 0.3) is 0 Å². The molecule has 6 heteroatoms. The number of ether oxygens (including phenoxy) is 1. The Labute approximate surface area is 107 Å². The van der Waals surface area contributed by atoms with E-state index in [1.165, 1.54) is 13.2 Å². The highest BCUT2D eigenvalue weighted by molar-refractivity contribution is 5.39. The molecule has 0 bridgehead atoms. The van der Waals surface area contributed by atoms with E-state index in [-0.39, 0.29) is 18.6 Å². The van der Waals surface area contributed by atoms with Crippen molar-refractivity contribution < 1.29 is 26.7 Å². The van der Waals surface area contributed by atoms with E-state index in [1.807, 2.05) is 0 Å². The van der Waals surface area contributed by atoms with Gasteiger partial charge in [0.1, 0.15) is 0 Å². The summed E-state index contributed by atoms with van der Waals surface area (Å²) < 4.78 is 69.2. The van der Waals surface area contributed by atoms with Crippen molar-refractivity contribution >= 4 is 0 Å². The molecule has 0 spiro atoms. The van der Waals surface area contributed by atoms with Crippen LogP contribution in [0, 0.1) is 17.6 Å². The fourth-order valence-corrected chi connectivity index (χ4v) is 2.64. The highest BCUT2D eigenvalue weighted by Gasteiger charge is 2.45. The lowest BCUT2D eigenvalue weighted by atomic mass is 9.95. The van der Waals surface area contributed by atoms with Crippen molar-refractivity contribution in [2.75, 3.05) is 7.11 Å². The van der Waals surface area contributed by atoms with Gasteiger partial charge in [-0.05, 0) is 31.2 Å².